The van der Waals surface area contributed by atoms with Crippen molar-refractivity contribution in [3.05, 3.63) is 35.4 Å². The van der Waals surface area contributed by atoms with E-state index in [0.29, 0.717) is 5.56 Å². The number of carbonyl (C=O) groups is 1. The van der Waals surface area contributed by atoms with Gasteiger partial charge in [0.25, 0.3) is 0 Å². The van der Waals surface area contributed by atoms with E-state index in [2.05, 4.69) is 0 Å². The SMILES string of the molecule is CC(C)(Cc1ccc(F)c(F)c1)C(=O)O. The molecule has 0 aliphatic rings. The number of carboxylic acid groups (broad SMARTS) is 1. The number of hydrogen-bond donors (Lipinski definition) is 1. The van der Waals surface area contributed by atoms with E-state index in [1.807, 2.05) is 0 Å². The second kappa shape index (κ2) is 3.96. The lowest BCUT2D eigenvalue weighted by molar-refractivity contribution is -0.146. The molecule has 1 aromatic rings. The second-order valence-electron chi connectivity index (χ2n) is 4.11. The molecule has 0 radical (unpaired) electrons. The summed E-state index contributed by atoms with van der Waals surface area (Å²) in [6, 6.07) is 3.42. The highest BCUT2D eigenvalue weighted by Crippen LogP contribution is 2.22. The molecule has 82 valence electrons. The molecule has 0 bridgehead atoms. The van der Waals surface area contributed by atoms with Crippen LogP contribution in [0.4, 0.5) is 8.78 Å². The number of aliphatic carboxylic acids is 1. The van der Waals surface area contributed by atoms with Gasteiger partial charge < -0.3 is 5.11 Å². The molecule has 0 fully saturated rings. The van der Waals surface area contributed by atoms with Crippen LogP contribution in [-0.2, 0) is 11.2 Å². The van der Waals surface area contributed by atoms with E-state index < -0.39 is 23.0 Å². The van der Waals surface area contributed by atoms with Gasteiger partial charge in [0.05, 0.1) is 5.41 Å². The molecule has 0 unspecified atom stereocenters. The van der Waals surface area contributed by atoms with Crippen LogP contribution < -0.4 is 0 Å². The highest BCUT2D eigenvalue weighted by molar-refractivity contribution is 5.74. The van der Waals surface area contributed by atoms with Crippen molar-refractivity contribution >= 4 is 5.97 Å². The van der Waals surface area contributed by atoms with Gasteiger partial charge in [0, 0.05) is 0 Å². The molecule has 15 heavy (non-hydrogen) atoms. The van der Waals surface area contributed by atoms with Crippen molar-refractivity contribution in [1.29, 1.82) is 0 Å². The normalized spacial score (nSPS) is 11.5. The molecule has 0 atom stereocenters. The van der Waals surface area contributed by atoms with Gasteiger partial charge in [0.15, 0.2) is 11.6 Å². The second-order valence-corrected chi connectivity index (χ2v) is 4.11. The summed E-state index contributed by atoms with van der Waals surface area (Å²) >= 11 is 0. The van der Waals surface area contributed by atoms with Crippen LogP contribution in [0.3, 0.4) is 0 Å². The Morgan fingerprint density at radius 2 is 1.93 bits per heavy atom. The third-order valence-corrected chi connectivity index (χ3v) is 2.21. The summed E-state index contributed by atoms with van der Waals surface area (Å²) in [5.41, 5.74) is -0.508. The molecule has 4 heteroatoms. The van der Waals surface area contributed by atoms with Crippen LogP contribution in [0.25, 0.3) is 0 Å². The van der Waals surface area contributed by atoms with Gasteiger partial charge in [-0.1, -0.05) is 6.07 Å². The summed E-state index contributed by atoms with van der Waals surface area (Å²) in [5.74, 6) is -2.84. The van der Waals surface area contributed by atoms with Gasteiger partial charge >= 0.3 is 5.97 Å². The molecule has 0 aliphatic heterocycles. The quantitative estimate of drug-likeness (QED) is 0.839. The Kier molecular flexibility index (Phi) is 3.07. The van der Waals surface area contributed by atoms with Crippen molar-refractivity contribution in [3.63, 3.8) is 0 Å². The lowest BCUT2D eigenvalue weighted by Gasteiger charge is -2.18. The van der Waals surface area contributed by atoms with Gasteiger partial charge in [0.2, 0.25) is 0 Å². The van der Waals surface area contributed by atoms with Gasteiger partial charge in [-0.25, -0.2) is 8.78 Å². The molecule has 0 saturated carbocycles. The van der Waals surface area contributed by atoms with Gasteiger partial charge in [-0.05, 0) is 38.0 Å². The number of carboxylic acids is 1. The Balaban J connectivity index is 2.91. The highest BCUT2D eigenvalue weighted by Gasteiger charge is 2.27. The lowest BCUT2D eigenvalue weighted by atomic mass is 9.86. The minimum atomic E-state index is -0.982. The predicted molar refractivity (Wildman–Crippen MR) is 51.5 cm³/mol. The first-order valence-corrected chi connectivity index (χ1v) is 4.50. The summed E-state index contributed by atoms with van der Waals surface area (Å²) < 4.78 is 25.4. The fraction of sp³-hybridized carbons (Fsp3) is 0.364. The highest BCUT2D eigenvalue weighted by atomic mass is 19.2. The Hall–Kier alpha value is -1.45. The van der Waals surface area contributed by atoms with Crippen LogP contribution in [0.2, 0.25) is 0 Å². The Morgan fingerprint density at radius 3 is 2.40 bits per heavy atom. The van der Waals surface area contributed by atoms with Crippen molar-refractivity contribution in [2.45, 2.75) is 20.3 Å². The molecule has 1 aromatic carbocycles. The maximum absolute atomic E-state index is 12.8. The van der Waals surface area contributed by atoms with Gasteiger partial charge in [-0.3, -0.25) is 4.79 Å². The Bertz CT molecular complexity index is 386. The van der Waals surface area contributed by atoms with Crippen LogP contribution in [-0.4, -0.2) is 11.1 Å². The van der Waals surface area contributed by atoms with Crippen molar-refractivity contribution in [1.82, 2.24) is 0 Å². The zero-order chi connectivity index (χ0) is 11.6. The summed E-state index contributed by atoms with van der Waals surface area (Å²) in [6.45, 7) is 3.08. The van der Waals surface area contributed by atoms with Gasteiger partial charge in [-0.2, -0.15) is 0 Å². The summed E-state index contributed by atoms with van der Waals surface area (Å²) in [6.07, 6.45) is 0.166. The molecule has 0 saturated heterocycles. The van der Waals surface area contributed by atoms with E-state index in [-0.39, 0.29) is 6.42 Å². The first-order valence-electron chi connectivity index (χ1n) is 4.50. The smallest absolute Gasteiger partial charge is 0.309 e. The first kappa shape index (κ1) is 11.6. The number of benzene rings is 1. The van der Waals surface area contributed by atoms with E-state index in [1.54, 1.807) is 0 Å². The fourth-order valence-corrected chi connectivity index (χ4v) is 1.24. The molecule has 0 spiro atoms. The Labute approximate surface area is 86.5 Å². The third kappa shape index (κ3) is 2.75. The number of hydrogen-bond acceptors (Lipinski definition) is 1. The van der Waals surface area contributed by atoms with Gasteiger partial charge in [-0.15, -0.1) is 0 Å². The molecule has 0 aromatic heterocycles. The third-order valence-electron chi connectivity index (χ3n) is 2.21. The van der Waals surface area contributed by atoms with Crippen LogP contribution in [0.1, 0.15) is 19.4 Å². The van der Waals surface area contributed by atoms with Crippen molar-refractivity contribution in [3.8, 4) is 0 Å². The monoisotopic (exact) mass is 214 g/mol. The first-order chi connectivity index (χ1) is 6.83. The minimum absolute atomic E-state index is 0.166. The van der Waals surface area contributed by atoms with Crippen LogP contribution in [0, 0.1) is 17.0 Å². The molecule has 2 nitrogen and oxygen atoms in total. The molecule has 1 N–H and O–H groups in total. The molecule has 0 heterocycles. The van der Waals surface area contributed by atoms with E-state index in [4.69, 9.17) is 5.11 Å². The molecular weight excluding hydrogens is 202 g/mol. The topological polar surface area (TPSA) is 37.3 Å². The van der Waals surface area contributed by atoms with Gasteiger partial charge in [0.1, 0.15) is 0 Å². The standard InChI is InChI=1S/C11H12F2O2/c1-11(2,10(14)15)6-7-3-4-8(12)9(13)5-7/h3-5H,6H2,1-2H3,(H,14,15). The summed E-state index contributed by atoms with van der Waals surface area (Å²) in [7, 11) is 0. The number of rotatable bonds is 3. The minimum Gasteiger partial charge on any atom is -0.481 e. The average molecular weight is 214 g/mol. The van der Waals surface area contributed by atoms with Crippen LogP contribution in [0.5, 0.6) is 0 Å². The van der Waals surface area contributed by atoms with Crippen molar-refractivity contribution < 1.29 is 18.7 Å². The predicted octanol–water partition coefficient (Wildman–Crippen LogP) is 2.62. The Morgan fingerprint density at radius 1 is 1.33 bits per heavy atom. The van der Waals surface area contributed by atoms with E-state index in [9.17, 15) is 13.6 Å². The molecule has 0 aliphatic carbocycles. The van der Waals surface area contributed by atoms with E-state index >= 15 is 0 Å². The molecule has 1 rings (SSSR count). The number of halogens is 2. The molecular formula is C11H12F2O2. The van der Waals surface area contributed by atoms with Crippen LogP contribution >= 0.6 is 0 Å². The largest absolute Gasteiger partial charge is 0.481 e. The summed E-state index contributed by atoms with van der Waals surface area (Å²) in [5, 5.41) is 8.86. The van der Waals surface area contributed by atoms with E-state index in [1.165, 1.54) is 19.9 Å². The zero-order valence-electron chi connectivity index (χ0n) is 8.55. The zero-order valence-corrected chi connectivity index (χ0v) is 8.55. The lowest BCUT2D eigenvalue weighted by Crippen LogP contribution is -2.26. The maximum atomic E-state index is 12.8. The summed E-state index contributed by atoms with van der Waals surface area (Å²) in [4.78, 5) is 10.8. The van der Waals surface area contributed by atoms with Crippen molar-refractivity contribution in [2.75, 3.05) is 0 Å². The molecule has 0 amide bonds. The fourth-order valence-electron chi connectivity index (χ4n) is 1.24. The van der Waals surface area contributed by atoms with Crippen molar-refractivity contribution in [2.24, 2.45) is 5.41 Å². The average Bonchev–Trinajstić information content (AvgIpc) is 2.10. The van der Waals surface area contributed by atoms with Crippen LogP contribution in [0.15, 0.2) is 18.2 Å². The van der Waals surface area contributed by atoms with E-state index in [0.717, 1.165) is 12.1 Å². The maximum Gasteiger partial charge on any atom is 0.309 e.